The van der Waals surface area contributed by atoms with Gasteiger partial charge in [-0.2, -0.15) is 0 Å². The molecule has 23 heavy (non-hydrogen) atoms. The zero-order chi connectivity index (χ0) is 16.0. The Bertz CT molecular complexity index is 981. The van der Waals surface area contributed by atoms with Gasteiger partial charge >= 0.3 is 0 Å². The Morgan fingerprint density at radius 3 is 2.91 bits per heavy atom. The molecule has 2 heterocycles. The lowest BCUT2D eigenvalue weighted by Crippen LogP contribution is -2.08. The van der Waals surface area contributed by atoms with Crippen molar-refractivity contribution in [2.75, 3.05) is 0 Å². The molecule has 1 N–H and O–H groups in total. The van der Waals surface area contributed by atoms with E-state index >= 15 is 0 Å². The minimum Gasteiger partial charge on any atom is -0.440 e. The van der Waals surface area contributed by atoms with E-state index in [0.717, 1.165) is 28.9 Å². The second kappa shape index (κ2) is 5.48. The van der Waals surface area contributed by atoms with Crippen molar-refractivity contribution in [2.45, 2.75) is 13.3 Å². The van der Waals surface area contributed by atoms with Gasteiger partial charge in [0.2, 0.25) is 5.88 Å². The van der Waals surface area contributed by atoms with Crippen molar-refractivity contribution in [3.63, 3.8) is 0 Å². The SMILES string of the molecule is Cc1ccc2c(c1)Cc1c([nH]c(-c3cccc(Cl)c3)nc1=S)O2. The molecule has 3 aromatic rings. The third kappa shape index (κ3) is 2.64. The summed E-state index contributed by atoms with van der Waals surface area (Å²) >= 11 is 11.5. The molecule has 0 fully saturated rings. The van der Waals surface area contributed by atoms with Gasteiger partial charge in [0.1, 0.15) is 16.2 Å². The van der Waals surface area contributed by atoms with E-state index in [0.29, 0.717) is 21.4 Å². The van der Waals surface area contributed by atoms with E-state index in [1.165, 1.54) is 5.56 Å². The smallest absolute Gasteiger partial charge is 0.205 e. The Hall–Kier alpha value is -2.17. The van der Waals surface area contributed by atoms with Crippen molar-refractivity contribution in [1.82, 2.24) is 9.97 Å². The van der Waals surface area contributed by atoms with Crippen LogP contribution in [0.2, 0.25) is 5.02 Å². The van der Waals surface area contributed by atoms with E-state index in [-0.39, 0.29) is 0 Å². The highest BCUT2D eigenvalue weighted by Gasteiger charge is 2.20. The van der Waals surface area contributed by atoms with Crippen molar-refractivity contribution in [3.8, 4) is 23.0 Å². The zero-order valence-corrected chi connectivity index (χ0v) is 14.0. The number of halogens is 1. The number of fused-ring (bicyclic) bond motifs is 2. The quantitative estimate of drug-likeness (QED) is 0.467. The summed E-state index contributed by atoms with van der Waals surface area (Å²) in [6, 6.07) is 13.6. The highest BCUT2D eigenvalue weighted by molar-refractivity contribution is 7.71. The Kier molecular flexibility index (Phi) is 3.43. The molecule has 0 radical (unpaired) electrons. The minimum absolute atomic E-state index is 0.556. The van der Waals surface area contributed by atoms with Crippen LogP contribution in [0.3, 0.4) is 0 Å². The van der Waals surface area contributed by atoms with Crippen molar-refractivity contribution < 1.29 is 4.74 Å². The van der Waals surface area contributed by atoms with Gasteiger partial charge < -0.3 is 9.72 Å². The maximum atomic E-state index is 6.06. The van der Waals surface area contributed by atoms with E-state index in [1.54, 1.807) is 0 Å². The molecule has 1 aliphatic heterocycles. The van der Waals surface area contributed by atoms with Crippen LogP contribution < -0.4 is 4.74 Å². The van der Waals surface area contributed by atoms with Gasteiger partial charge in [0, 0.05) is 17.0 Å². The van der Waals surface area contributed by atoms with Gasteiger partial charge in [-0.1, -0.05) is 53.6 Å². The summed E-state index contributed by atoms with van der Waals surface area (Å²) in [7, 11) is 0. The molecule has 0 bridgehead atoms. The number of aromatic nitrogens is 2. The topological polar surface area (TPSA) is 37.9 Å². The summed E-state index contributed by atoms with van der Waals surface area (Å²) in [6.07, 6.45) is 0.727. The lowest BCUT2D eigenvalue weighted by molar-refractivity contribution is 0.439. The summed E-state index contributed by atoms with van der Waals surface area (Å²) in [4.78, 5) is 7.76. The predicted octanol–water partition coefficient (Wildman–Crippen LogP) is 5.46. The second-order valence-electron chi connectivity index (χ2n) is 5.60. The molecule has 0 saturated heterocycles. The molecule has 2 aromatic carbocycles. The summed E-state index contributed by atoms with van der Waals surface area (Å²) in [5.41, 5.74) is 4.14. The standard InChI is InChI=1S/C18H13ClN2OS/c1-10-5-6-15-12(7-10)9-14-17(22-15)20-16(21-18(14)23)11-3-2-4-13(19)8-11/h2-8H,9H2,1H3,(H,20,21,23). The van der Waals surface area contributed by atoms with Crippen LogP contribution in [0.25, 0.3) is 11.4 Å². The van der Waals surface area contributed by atoms with Crippen LogP contribution >= 0.6 is 23.8 Å². The number of benzene rings is 2. The molecule has 0 aliphatic carbocycles. The third-order valence-corrected chi connectivity index (χ3v) is 4.44. The molecule has 114 valence electrons. The fourth-order valence-corrected chi connectivity index (χ4v) is 3.19. The van der Waals surface area contributed by atoms with Gasteiger partial charge in [-0.15, -0.1) is 0 Å². The number of aromatic amines is 1. The Balaban J connectivity index is 1.83. The Labute approximate surface area is 143 Å². The lowest BCUT2D eigenvalue weighted by atomic mass is 10.0. The second-order valence-corrected chi connectivity index (χ2v) is 6.42. The molecule has 0 atom stereocenters. The number of aryl methyl sites for hydroxylation is 1. The van der Waals surface area contributed by atoms with Crippen LogP contribution in [-0.4, -0.2) is 9.97 Å². The first kappa shape index (κ1) is 14.4. The van der Waals surface area contributed by atoms with Gasteiger partial charge in [0.25, 0.3) is 0 Å². The van der Waals surface area contributed by atoms with Gasteiger partial charge in [0.05, 0.1) is 5.56 Å². The third-order valence-electron chi connectivity index (χ3n) is 3.87. The van der Waals surface area contributed by atoms with Gasteiger partial charge in [-0.3, -0.25) is 0 Å². The first-order valence-corrected chi connectivity index (χ1v) is 8.05. The highest BCUT2D eigenvalue weighted by Crippen LogP contribution is 2.37. The number of nitrogens with one attached hydrogen (secondary N) is 1. The van der Waals surface area contributed by atoms with Crippen LogP contribution in [0.5, 0.6) is 11.6 Å². The van der Waals surface area contributed by atoms with Crippen LogP contribution in [0, 0.1) is 11.6 Å². The van der Waals surface area contributed by atoms with Crippen molar-refractivity contribution >= 4 is 23.8 Å². The van der Waals surface area contributed by atoms with Crippen LogP contribution in [0.1, 0.15) is 16.7 Å². The maximum Gasteiger partial charge on any atom is 0.205 e. The van der Waals surface area contributed by atoms with E-state index in [2.05, 4.69) is 23.0 Å². The Morgan fingerprint density at radius 1 is 1.22 bits per heavy atom. The van der Waals surface area contributed by atoms with Crippen LogP contribution in [-0.2, 0) is 6.42 Å². The molecule has 4 rings (SSSR count). The molecule has 0 amide bonds. The molecule has 1 aromatic heterocycles. The van der Waals surface area contributed by atoms with Crippen molar-refractivity contribution in [3.05, 3.63) is 68.8 Å². The first-order chi connectivity index (χ1) is 11.1. The van der Waals surface area contributed by atoms with Crippen molar-refractivity contribution in [1.29, 1.82) is 0 Å². The molecule has 0 spiro atoms. The molecule has 5 heteroatoms. The van der Waals surface area contributed by atoms with Gasteiger partial charge in [0.15, 0.2) is 0 Å². The fraction of sp³-hybridized carbons (Fsp3) is 0.111. The van der Waals surface area contributed by atoms with E-state index in [1.807, 2.05) is 36.4 Å². The van der Waals surface area contributed by atoms with Crippen LogP contribution in [0.15, 0.2) is 42.5 Å². The Morgan fingerprint density at radius 2 is 2.09 bits per heavy atom. The monoisotopic (exact) mass is 340 g/mol. The summed E-state index contributed by atoms with van der Waals surface area (Å²) in [6.45, 7) is 2.07. The summed E-state index contributed by atoms with van der Waals surface area (Å²) in [5.74, 6) is 2.18. The molecule has 1 aliphatic rings. The largest absolute Gasteiger partial charge is 0.440 e. The maximum absolute atomic E-state index is 6.06. The molecule has 0 saturated carbocycles. The van der Waals surface area contributed by atoms with E-state index in [4.69, 9.17) is 28.6 Å². The molecule has 0 unspecified atom stereocenters. The minimum atomic E-state index is 0.556. The number of hydrogen-bond acceptors (Lipinski definition) is 3. The zero-order valence-electron chi connectivity index (χ0n) is 12.4. The average molecular weight is 341 g/mol. The lowest BCUT2D eigenvalue weighted by Gasteiger charge is -2.20. The molecule has 3 nitrogen and oxygen atoms in total. The van der Waals surface area contributed by atoms with E-state index < -0.39 is 0 Å². The number of H-pyrrole nitrogens is 1. The fourth-order valence-electron chi connectivity index (χ4n) is 2.74. The van der Waals surface area contributed by atoms with Gasteiger partial charge in [-0.25, -0.2) is 4.98 Å². The molecular weight excluding hydrogens is 328 g/mol. The number of hydrogen-bond donors (Lipinski definition) is 1. The summed E-state index contributed by atoms with van der Waals surface area (Å²) < 4.78 is 6.57. The predicted molar refractivity (Wildman–Crippen MR) is 93.9 cm³/mol. The number of ether oxygens (including phenoxy) is 1. The molecular formula is C18H13ClN2OS. The van der Waals surface area contributed by atoms with Crippen LogP contribution in [0.4, 0.5) is 0 Å². The first-order valence-electron chi connectivity index (χ1n) is 7.27. The highest BCUT2D eigenvalue weighted by atomic mass is 35.5. The van der Waals surface area contributed by atoms with E-state index in [9.17, 15) is 0 Å². The van der Waals surface area contributed by atoms with Gasteiger partial charge in [-0.05, 0) is 30.7 Å². The van der Waals surface area contributed by atoms with Crippen molar-refractivity contribution in [2.24, 2.45) is 0 Å². The normalized spacial score (nSPS) is 12.3. The number of nitrogens with zero attached hydrogens (tertiary/aromatic N) is 1. The number of rotatable bonds is 1. The summed E-state index contributed by atoms with van der Waals surface area (Å²) in [5, 5.41) is 0.656. The average Bonchev–Trinajstić information content (AvgIpc) is 2.53.